The van der Waals surface area contributed by atoms with Crippen molar-refractivity contribution < 1.29 is 15.0 Å². The normalized spacial score (nSPS) is 10.1. The Morgan fingerprint density at radius 2 is 1.85 bits per heavy atom. The van der Waals surface area contributed by atoms with Crippen molar-refractivity contribution in [2.24, 2.45) is 0 Å². The molecule has 0 atom stereocenters. The molecule has 0 fully saturated rings. The van der Waals surface area contributed by atoms with Crippen LogP contribution in [0.5, 0.6) is 0 Å². The van der Waals surface area contributed by atoms with Crippen LogP contribution >= 0.6 is 0 Å². The molecule has 0 spiro atoms. The number of nitrogens with zero attached hydrogens (tertiary/aromatic N) is 1. The van der Waals surface area contributed by atoms with E-state index in [2.05, 4.69) is 0 Å². The smallest absolute Gasteiger partial charge is 0.222 e. The highest BCUT2D eigenvalue weighted by Gasteiger charge is 2.09. The van der Waals surface area contributed by atoms with Crippen LogP contribution in [0.1, 0.15) is 26.2 Å². The van der Waals surface area contributed by atoms with Crippen LogP contribution in [-0.4, -0.2) is 47.3 Å². The molecule has 0 aromatic carbocycles. The van der Waals surface area contributed by atoms with E-state index in [-0.39, 0.29) is 19.1 Å². The van der Waals surface area contributed by atoms with E-state index in [1.165, 1.54) is 0 Å². The fourth-order valence-corrected chi connectivity index (χ4v) is 1.11. The van der Waals surface area contributed by atoms with Crippen molar-refractivity contribution >= 4 is 5.91 Å². The second-order valence-electron chi connectivity index (χ2n) is 2.88. The highest BCUT2D eigenvalue weighted by atomic mass is 16.3. The van der Waals surface area contributed by atoms with Gasteiger partial charge in [0.25, 0.3) is 0 Å². The second-order valence-corrected chi connectivity index (χ2v) is 2.88. The fraction of sp³-hybridized carbons (Fsp3) is 0.889. The first-order valence-electron chi connectivity index (χ1n) is 4.75. The van der Waals surface area contributed by atoms with Crippen LogP contribution < -0.4 is 0 Å². The number of carbonyl (C=O) groups is 1. The van der Waals surface area contributed by atoms with Crippen molar-refractivity contribution in [2.45, 2.75) is 26.2 Å². The summed E-state index contributed by atoms with van der Waals surface area (Å²) in [7, 11) is 0. The molecule has 0 aromatic rings. The van der Waals surface area contributed by atoms with Gasteiger partial charge >= 0.3 is 0 Å². The van der Waals surface area contributed by atoms with Crippen LogP contribution in [-0.2, 0) is 4.79 Å². The molecule has 13 heavy (non-hydrogen) atoms. The topological polar surface area (TPSA) is 60.8 Å². The first kappa shape index (κ1) is 12.4. The maximum absolute atomic E-state index is 11.4. The van der Waals surface area contributed by atoms with Gasteiger partial charge in [-0.2, -0.15) is 0 Å². The second kappa shape index (κ2) is 8.01. The highest BCUT2D eigenvalue weighted by molar-refractivity contribution is 5.76. The van der Waals surface area contributed by atoms with Gasteiger partial charge in [-0.05, 0) is 19.8 Å². The lowest BCUT2D eigenvalue weighted by atomic mass is 10.2. The number of carbonyl (C=O) groups excluding carboxylic acids is 1. The van der Waals surface area contributed by atoms with Gasteiger partial charge in [-0.3, -0.25) is 4.79 Å². The number of hydrogen-bond donors (Lipinski definition) is 2. The van der Waals surface area contributed by atoms with Gasteiger partial charge in [0.05, 0.1) is 0 Å². The average Bonchev–Trinajstić information content (AvgIpc) is 2.16. The highest BCUT2D eigenvalue weighted by Crippen LogP contribution is 1.98. The van der Waals surface area contributed by atoms with Gasteiger partial charge < -0.3 is 15.1 Å². The first-order valence-corrected chi connectivity index (χ1v) is 4.75. The summed E-state index contributed by atoms with van der Waals surface area (Å²) < 4.78 is 0. The van der Waals surface area contributed by atoms with Crippen LogP contribution in [0.15, 0.2) is 0 Å². The Morgan fingerprint density at radius 3 is 2.31 bits per heavy atom. The molecule has 2 N–H and O–H groups in total. The molecule has 0 saturated heterocycles. The zero-order valence-corrected chi connectivity index (χ0v) is 8.20. The van der Waals surface area contributed by atoms with Gasteiger partial charge in [-0.1, -0.05) is 0 Å². The van der Waals surface area contributed by atoms with E-state index < -0.39 is 0 Å². The number of amides is 1. The molecule has 0 aliphatic rings. The van der Waals surface area contributed by atoms with E-state index in [1.807, 2.05) is 6.92 Å². The van der Waals surface area contributed by atoms with E-state index in [9.17, 15) is 4.79 Å². The SMILES string of the molecule is CCN(CCCO)C(=O)CCCO. The molecule has 0 aromatic heterocycles. The molecule has 0 rings (SSSR count). The monoisotopic (exact) mass is 189 g/mol. The number of aliphatic hydroxyl groups is 2. The molecular formula is C9H19NO3. The summed E-state index contributed by atoms with van der Waals surface area (Å²) in [5.41, 5.74) is 0. The van der Waals surface area contributed by atoms with Crippen molar-refractivity contribution in [1.82, 2.24) is 4.90 Å². The minimum Gasteiger partial charge on any atom is -0.396 e. The minimum absolute atomic E-state index is 0.0588. The van der Waals surface area contributed by atoms with Gasteiger partial charge in [-0.25, -0.2) is 0 Å². The van der Waals surface area contributed by atoms with Gasteiger partial charge in [0, 0.05) is 32.7 Å². The van der Waals surface area contributed by atoms with E-state index in [1.54, 1.807) is 4.90 Å². The Kier molecular flexibility index (Phi) is 7.63. The van der Waals surface area contributed by atoms with E-state index in [0.29, 0.717) is 32.4 Å². The number of hydrogen-bond acceptors (Lipinski definition) is 3. The molecule has 78 valence electrons. The Hall–Kier alpha value is -0.610. The van der Waals surface area contributed by atoms with Crippen LogP contribution in [0.25, 0.3) is 0 Å². The zero-order chi connectivity index (χ0) is 10.1. The number of rotatable bonds is 7. The molecule has 0 heterocycles. The van der Waals surface area contributed by atoms with Crippen LogP contribution in [0, 0.1) is 0 Å². The predicted molar refractivity (Wildman–Crippen MR) is 50.3 cm³/mol. The van der Waals surface area contributed by atoms with Gasteiger partial charge in [0.1, 0.15) is 0 Å². The van der Waals surface area contributed by atoms with Crippen molar-refractivity contribution in [1.29, 1.82) is 0 Å². The van der Waals surface area contributed by atoms with Crippen molar-refractivity contribution in [3.8, 4) is 0 Å². The molecule has 0 saturated carbocycles. The molecule has 1 amide bonds. The standard InChI is InChI=1S/C9H19NO3/c1-2-10(6-4-8-12)9(13)5-3-7-11/h11-12H,2-8H2,1H3. The predicted octanol–water partition coefficient (Wildman–Crippen LogP) is -0.0102. The van der Waals surface area contributed by atoms with Gasteiger partial charge in [0.2, 0.25) is 5.91 Å². The lowest BCUT2D eigenvalue weighted by Gasteiger charge is -2.20. The third-order valence-corrected chi connectivity index (χ3v) is 1.87. The van der Waals surface area contributed by atoms with Gasteiger partial charge in [0.15, 0.2) is 0 Å². The maximum atomic E-state index is 11.4. The molecule has 0 radical (unpaired) electrons. The Bertz CT molecular complexity index is 139. The maximum Gasteiger partial charge on any atom is 0.222 e. The van der Waals surface area contributed by atoms with E-state index in [4.69, 9.17) is 10.2 Å². The van der Waals surface area contributed by atoms with Crippen LogP contribution in [0.4, 0.5) is 0 Å². The molecule has 0 aliphatic carbocycles. The summed E-state index contributed by atoms with van der Waals surface area (Å²) in [6.07, 6.45) is 1.54. The molecule has 0 unspecified atom stereocenters. The lowest BCUT2D eigenvalue weighted by Crippen LogP contribution is -2.32. The van der Waals surface area contributed by atoms with E-state index in [0.717, 1.165) is 0 Å². The Balaban J connectivity index is 3.71. The fourth-order valence-electron chi connectivity index (χ4n) is 1.11. The quantitative estimate of drug-likeness (QED) is 0.592. The molecular weight excluding hydrogens is 170 g/mol. The van der Waals surface area contributed by atoms with E-state index >= 15 is 0 Å². The zero-order valence-electron chi connectivity index (χ0n) is 8.20. The van der Waals surface area contributed by atoms with Crippen molar-refractivity contribution in [3.63, 3.8) is 0 Å². The molecule has 4 heteroatoms. The van der Waals surface area contributed by atoms with Crippen molar-refractivity contribution in [2.75, 3.05) is 26.3 Å². The summed E-state index contributed by atoms with van der Waals surface area (Å²) in [5, 5.41) is 17.1. The number of aliphatic hydroxyl groups excluding tert-OH is 2. The van der Waals surface area contributed by atoms with Crippen LogP contribution in [0.3, 0.4) is 0 Å². The van der Waals surface area contributed by atoms with Gasteiger partial charge in [-0.15, -0.1) is 0 Å². The summed E-state index contributed by atoms with van der Waals surface area (Å²) in [6.45, 7) is 3.36. The Labute approximate surface area is 79.2 Å². The third kappa shape index (κ3) is 5.60. The molecule has 0 aliphatic heterocycles. The first-order chi connectivity index (χ1) is 6.26. The Morgan fingerprint density at radius 1 is 1.23 bits per heavy atom. The summed E-state index contributed by atoms with van der Waals surface area (Å²) in [6, 6.07) is 0. The third-order valence-electron chi connectivity index (χ3n) is 1.87. The van der Waals surface area contributed by atoms with Crippen LogP contribution in [0.2, 0.25) is 0 Å². The molecule has 4 nitrogen and oxygen atoms in total. The average molecular weight is 189 g/mol. The summed E-state index contributed by atoms with van der Waals surface area (Å²) in [4.78, 5) is 13.1. The summed E-state index contributed by atoms with van der Waals surface area (Å²) in [5.74, 6) is 0.0602. The summed E-state index contributed by atoms with van der Waals surface area (Å²) >= 11 is 0. The minimum atomic E-state index is 0.0588. The van der Waals surface area contributed by atoms with Crippen molar-refractivity contribution in [3.05, 3.63) is 0 Å². The largest absolute Gasteiger partial charge is 0.396 e. The molecule has 0 bridgehead atoms. The lowest BCUT2D eigenvalue weighted by molar-refractivity contribution is -0.131.